The molecule has 0 spiro atoms. The van der Waals surface area contributed by atoms with Crippen LogP contribution in [0.25, 0.3) is 0 Å². The molecule has 19 heavy (non-hydrogen) atoms. The molecule has 0 unspecified atom stereocenters. The molecule has 0 saturated carbocycles. The Labute approximate surface area is 117 Å². The van der Waals surface area contributed by atoms with Crippen molar-refractivity contribution in [1.82, 2.24) is 5.32 Å². The maximum absolute atomic E-state index is 10.5. The third-order valence-corrected chi connectivity index (χ3v) is 3.26. The number of ether oxygens (including phenoxy) is 1. The van der Waals surface area contributed by atoms with Crippen LogP contribution in [0.4, 0.5) is 0 Å². The van der Waals surface area contributed by atoms with Gasteiger partial charge in [0, 0.05) is 19.6 Å². The molecule has 0 aliphatic heterocycles. The van der Waals surface area contributed by atoms with Crippen LogP contribution in [0.2, 0.25) is 0 Å². The van der Waals surface area contributed by atoms with Crippen LogP contribution in [-0.2, 0) is 9.53 Å². The third kappa shape index (κ3) is 13.6. The molecule has 4 heteroatoms. The van der Waals surface area contributed by atoms with E-state index in [9.17, 15) is 4.79 Å². The highest BCUT2D eigenvalue weighted by molar-refractivity contribution is 5.66. The van der Waals surface area contributed by atoms with Gasteiger partial charge in [-0.1, -0.05) is 27.7 Å². The molecule has 0 aromatic rings. The molecular formula is C15H31NO3. The van der Waals surface area contributed by atoms with E-state index in [2.05, 4.69) is 33.0 Å². The zero-order valence-corrected chi connectivity index (χ0v) is 13.0. The van der Waals surface area contributed by atoms with Gasteiger partial charge in [0.1, 0.15) is 0 Å². The summed E-state index contributed by atoms with van der Waals surface area (Å²) < 4.78 is 5.52. The monoisotopic (exact) mass is 273 g/mol. The second-order valence-electron chi connectivity index (χ2n) is 6.35. The standard InChI is InChI=1S/C15H31NO3/c1-13(2)6-11-19-12-10-16-9-8-15(3,4)7-5-14(17)18/h13,16H,5-12H2,1-4H3,(H,17,18). The quantitative estimate of drug-likeness (QED) is 0.537. The molecule has 0 saturated heterocycles. The van der Waals surface area contributed by atoms with Gasteiger partial charge in [-0.2, -0.15) is 0 Å². The first-order chi connectivity index (χ1) is 8.83. The van der Waals surface area contributed by atoms with E-state index >= 15 is 0 Å². The van der Waals surface area contributed by atoms with Crippen LogP contribution >= 0.6 is 0 Å². The average molecular weight is 273 g/mol. The van der Waals surface area contributed by atoms with Crippen LogP contribution in [0, 0.1) is 11.3 Å². The summed E-state index contributed by atoms with van der Waals surface area (Å²) in [5.74, 6) is -0.0115. The number of carbonyl (C=O) groups is 1. The topological polar surface area (TPSA) is 58.6 Å². The van der Waals surface area contributed by atoms with Crippen molar-refractivity contribution in [3.05, 3.63) is 0 Å². The Balaban J connectivity index is 3.40. The maximum atomic E-state index is 10.5. The minimum absolute atomic E-state index is 0.0872. The molecule has 2 N–H and O–H groups in total. The molecular weight excluding hydrogens is 242 g/mol. The molecule has 0 heterocycles. The van der Waals surface area contributed by atoms with Crippen molar-refractivity contribution >= 4 is 5.97 Å². The normalized spacial score (nSPS) is 12.1. The zero-order valence-electron chi connectivity index (χ0n) is 13.0. The van der Waals surface area contributed by atoms with Crippen LogP contribution in [0.3, 0.4) is 0 Å². The van der Waals surface area contributed by atoms with E-state index in [0.29, 0.717) is 5.92 Å². The van der Waals surface area contributed by atoms with Crippen LogP contribution in [0.5, 0.6) is 0 Å². The predicted octanol–water partition coefficient (Wildman–Crippen LogP) is 2.92. The van der Waals surface area contributed by atoms with Crippen molar-refractivity contribution in [3.63, 3.8) is 0 Å². The fraction of sp³-hybridized carbons (Fsp3) is 0.933. The molecule has 0 radical (unpaired) electrons. The van der Waals surface area contributed by atoms with Crippen molar-refractivity contribution in [2.75, 3.05) is 26.3 Å². The Hall–Kier alpha value is -0.610. The summed E-state index contributed by atoms with van der Waals surface area (Å²) in [6.45, 7) is 12.0. The number of carboxylic acids is 1. The van der Waals surface area contributed by atoms with E-state index in [1.807, 2.05) is 0 Å². The van der Waals surface area contributed by atoms with Gasteiger partial charge in [-0.15, -0.1) is 0 Å². The lowest BCUT2D eigenvalue weighted by Crippen LogP contribution is -2.26. The molecule has 0 atom stereocenters. The summed E-state index contributed by atoms with van der Waals surface area (Å²) in [6, 6.07) is 0. The molecule has 0 bridgehead atoms. The first-order valence-corrected chi connectivity index (χ1v) is 7.34. The first-order valence-electron chi connectivity index (χ1n) is 7.34. The summed E-state index contributed by atoms with van der Waals surface area (Å²) in [4.78, 5) is 10.5. The number of nitrogens with one attached hydrogen (secondary N) is 1. The SMILES string of the molecule is CC(C)CCOCCNCCC(C)(C)CCC(=O)O. The summed E-state index contributed by atoms with van der Waals surface area (Å²) in [7, 11) is 0. The summed E-state index contributed by atoms with van der Waals surface area (Å²) in [5, 5.41) is 12.0. The van der Waals surface area contributed by atoms with Crippen molar-refractivity contribution in [3.8, 4) is 0 Å². The minimum Gasteiger partial charge on any atom is -0.481 e. The average Bonchev–Trinajstić information content (AvgIpc) is 2.30. The second-order valence-corrected chi connectivity index (χ2v) is 6.35. The van der Waals surface area contributed by atoms with Crippen molar-refractivity contribution < 1.29 is 14.6 Å². The van der Waals surface area contributed by atoms with Crippen molar-refractivity contribution in [1.29, 1.82) is 0 Å². The molecule has 0 aliphatic rings. The zero-order chi connectivity index (χ0) is 14.7. The Morgan fingerprint density at radius 3 is 2.47 bits per heavy atom. The number of rotatable bonds is 12. The van der Waals surface area contributed by atoms with E-state index in [-0.39, 0.29) is 11.8 Å². The first kappa shape index (κ1) is 18.4. The van der Waals surface area contributed by atoms with E-state index in [4.69, 9.17) is 9.84 Å². The second kappa shape index (κ2) is 10.2. The largest absolute Gasteiger partial charge is 0.481 e. The highest BCUT2D eigenvalue weighted by Gasteiger charge is 2.18. The van der Waals surface area contributed by atoms with Gasteiger partial charge in [0.2, 0.25) is 0 Å². The highest BCUT2D eigenvalue weighted by Crippen LogP contribution is 2.25. The van der Waals surface area contributed by atoms with Crippen LogP contribution in [0.1, 0.15) is 53.4 Å². The van der Waals surface area contributed by atoms with E-state index < -0.39 is 5.97 Å². The lowest BCUT2D eigenvalue weighted by molar-refractivity contribution is -0.137. The molecule has 4 nitrogen and oxygen atoms in total. The van der Waals surface area contributed by atoms with Gasteiger partial charge >= 0.3 is 5.97 Å². The van der Waals surface area contributed by atoms with Gasteiger partial charge < -0.3 is 15.2 Å². The van der Waals surface area contributed by atoms with Crippen LogP contribution in [-0.4, -0.2) is 37.4 Å². The Kier molecular flexibility index (Phi) is 9.88. The fourth-order valence-corrected chi connectivity index (χ4v) is 1.69. The predicted molar refractivity (Wildman–Crippen MR) is 78.4 cm³/mol. The van der Waals surface area contributed by atoms with Gasteiger partial charge in [-0.3, -0.25) is 4.79 Å². The number of aliphatic carboxylic acids is 1. The fourth-order valence-electron chi connectivity index (χ4n) is 1.69. The number of carboxylic acid groups (broad SMARTS) is 1. The lowest BCUT2D eigenvalue weighted by atomic mass is 9.84. The highest BCUT2D eigenvalue weighted by atomic mass is 16.5. The summed E-state index contributed by atoms with van der Waals surface area (Å²) >= 11 is 0. The van der Waals surface area contributed by atoms with Gasteiger partial charge in [0.25, 0.3) is 0 Å². The van der Waals surface area contributed by atoms with Gasteiger partial charge in [-0.05, 0) is 37.1 Å². The lowest BCUT2D eigenvalue weighted by Gasteiger charge is -2.23. The summed E-state index contributed by atoms with van der Waals surface area (Å²) in [6.07, 6.45) is 3.09. The van der Waals surface area contributed by atoms with Gasteiger partial charge in [0.05, 0.1) is 6.61 Å². The van der Waals surface area contributed by atoms with Crippen LogP contribution in [0.15, 0.2) is 0 Å². The van der Waals surface area contributed by atoms with Crippen molar-refractivity contribution in [2.45, 2.75) is 53.4 Å². The molecule has 0 aromatic carbocycles. The number of hydrogen-bond donors (Lipinski definition) is 2. The minimum atomic E-state index is -0.709. The van der Waals surface area contributed by atoms with Crippen molar-refractivity contribution in [2.24, 2.45) is 11.3 Å². The smallest absolute Gasteiger partial charge is 0.303 e. The van der Waals surface area contributed by atoms with E-state index in [1.54, 1.807) is 0 Å². The molecule has 0 fully saturated rings. The molecule has 0 rings (SSSR count). The summed E-state index contributed by atoms with van der Waals surface area (Å²) in [5.41, 5.74) is 0.0872. The van der Waals surface area contributed by atoms with Crippen LogP contribution < -0.4 is 5.32 Å². The molecule has 0 aliphatic carbocycles. The Bertz CT molecular complexity index is 240. The van der Waals surface area contributed by atoms with Gasteiger partial charge in [-0.25, -0.2) is 0 Å². The van der Waals surface area contributed by atoms with E-state index in [1.165, 1.54) is 0 Å². The molecule has 0 aromatic heterocycles. The third-order valence-electron chi connectivity index (χ3n) is 3.26. The van der Waals surface area contributed by atoms with Gasteiger partial charge in [0.15, 0.2) is 0 Å². The molecule has 114 valence electrons. The van der Waals surface area contributed by atoms with E-state index in [0.717, 1.165) is 45.6 Å². The number of hydrogen-bond acceptors (Lipinski definition) is 3. The Morgan fingerprint density at radius 2 is 1.89 bits per heavy atom. The maximum Gasteiger partial charge on any atom is 0.303 e. The molecule has 0 amide bonds. The Morgan fingerprint density at radius 1 is 1.21 bits per heavy atom.